The molecule has 0 aliphatic heterocycles. The molecule has 0 fully saturated rings. The number of benzene rings is 1. The van der Waals surface area contributed by atoms with E-state index in [1.807, 2.05) is 25.1 Å². The van der Waals surface area contributed by atoms with Gasteiger partial charge in [-0.15, -0.1) is 0 Å². The van der Waals surface area contributed by atoms with E-state index in [-0.39, 0.29) is 6.04 Å². The van der Waals surface area contributed by atoms with E-state index < -0.39 is 0 Å². The Morgan fingerprint density at radius 2 is 2.19 bits per heavy atom. The molecular weight excluding hydrogens is 350 g/mol. The second kappa shape index (κ2) is 7.24. The van der Waals surface area contributed by atoms with Gasteiger partial charge in [0.2, 0.25) is 5.88 Å². The summed E-state index contributed by atoms with van der Waals surface area (Å²) in [6.07, 6.45) is 0. The van der Waals surface area contributed by atoms with Gasteiger partial charge in [-0.25, -0.2) is 0 Å². The minimum absolute atomic E-state index is 0.261. The molecule has 1 atom stereocenters. The number of nitrogens with one attached hydrogen (secondary N) is 1. The zero-order valence-corrected chi connectivity index (χ0v) is 15.1. The predicted molar refractivity (Wildman–Crippen MR) is 92.4 cm³/mol. The summed E-state index contributed by atoms with van der Waals surface area (Å²) in [4.78, 5) is 7.58. The monoisotopic (exact) mass is 369 g/mol. The van der Waals surface area contributed by atoms with Gasteiger partial charge in [0.25, 0.3) is 0 Å². The quantitative estimate of drug-likeness (QED) is 0.839. The van der Waals surface area contributed by atoms with Crippen LogP contribution >= 0.6 is 27.3 Å². The van der Waals surface area contributed by atoms with E-state index in [0.29, 0.717) is 5.88 Å². The van der Waals surface area contributed by atoms with Gasteiger partial charge >= 0.3 is 0 Å². The van der Waals surface area contributed by atoms with E-state index in [0.717, 1.165) is 21.0 Å². The highest BCUT2D eigenvalue weighted by molar-refractivity contribution is 9.10. The predicted octanol–water partition coefficient (Wildman–Crippen LogP) is 3.83. The molecule has 6 heteroatoms. The lowest BCUT2D eigenvalue weighted by molar-refractivity contribution is 0.393. The van der Waals surface area contributed by atoms with Gasteiger partial charge in [0.05, 0.1) is 12.0 Å². The highest BCUT2D eigenvalue weighted by Crippen LogP contribution is 2.30. The number of methoxy groups -OCH3 is 1. The second-order valence-electron chi connectivity index (χ2n) is 4.98. The molecule has 2 rings (SSSR count). The molecule has 0 bridgehead atoms. The summed E-state index contributed by atoms with van der Waals surface area (Å²) < 4.78 is 6.45. The summed E-state index contributed by atoms with van der Waals surface area (Å²) in [5.74, 6) is 0.706. The lowest BCUT2D eigenvalue weighted by Crippen LogP contribution is -2.17. The van der Waals surface area contributed by atoms with Crippen LogP contribution in [0.4, 0.5) is 5.13 Å². The highest BCUT2D eigenvalue weighted by atomic mass is 79.9. The van der Waals surface area contributed by atoms with Crippen LogP contribution in [0.15, 0.2) is 28.7 Å². The van der Waals surface area contributed by atoms with Crippen molar-refractivity contribution in [3.8, 4) is 5.88 Å². The number of anilines is 1. The number of halogens is 1. The smallest absolute Gasteiger partial charge is 0.230 e. The van der Waals surface area contributed by atoms with Crippen molar-refractivity contribution in [2.75, 3.05) is 26.1 Å². The van der Waals surface area contributed by atoms with Crippen LogP contribution in [0.5, 0.6) is 5.88 Å². The molecule has 0 amide bonds. The number of rotatable bonds is 6. The minimum Gasteiger partial charge on any atom is -0.480 e. The number of thiazole rings is 1. The van der Waals surface area contributed by atoms with Crippen molar-refractivity contribution in [2.24, 2.45) is 0 Å². The van der Waals surface area contributed by atoms with Crippen molar-refractivity contribution in [3.05, 3.63) is 39.2 Å². The van der Waals surface area contributed by atoms with Crippen LogP contribution in [0.25, 0.3) is 0 Å². The maximum absolute atomic E-state index is 5.36. The molecule has 0 aliphatic carbocycles. The normalized spacial score (nSPS) is 12.2. The molecule has 2 aromatic rings. The van der Waals surface area contributed by atoms with Crippen LogP contribution in [-0.2, 0) is 6.54 Å². The summed E-state index contributed by atoms with van der Waals surface area (Å²) in [6.45, 7) is 2.89. The van der Waals surface area contributed by atoms with Crippen molar-refractivity contribution in [3.63, 3.8) is 0 Å². The van der Waals surface area contributed by atoms with E-state index in [4.69, 9.17) is 4.74 Å². The van der Waals surface area contributed by atoms with E-state index in [1.54, 1.807) is 18.4 Å². The van der Waals surface area contributed by atoms with Crippen LogP contribution in [-0.4, -0.2) is 26.2 Å². The third-order valence-corrected chi connectivity index (χ3v) is 4.84. The number of hydrogen-bond donors (Lipinski definition) is 1. The summed E-state index contributed by atoms with van der Waals surface area (Å²) in [7, 11) is 5.63. The Balaban J connectivity index is 2.05. The van der Waals surface area contributed by atoms with Crippen molar-refractivity contribution < 1.29 is 4.74 Å². The molecule has 0 unspecified atom stereocenters. The summed E-state index contributed by atoms with van der Waals surface area (Å²) in [6, 6.07) is 8.60. The average molecular weight is 370 g/mol. The Hall–Kier alpha value is -1.11. The van der Waals surface area contributed by atoms with E-state index in [9.17, 15) is 0 Å². The highest BCUT2D eigenvalue weighted by Gasteiger charge is 2.14. The van der Waals surface area contributed by atoms with Crippen LogP contribution in [0.1, 0.15) is 23.4 Å². The summed E-state index contributed by atoms with van der Waals surface area (Å²) >= 11 is 5.16. The fraction of sp³-hybridized carbons (Fsp3) is 0.400. The van der Waals surface area contributed by atoms with Gasteiger partial charge in [-0.2, -0.15) is 4.98 Å². The first-order chi connectivity index (χ1) is 10.0. The van der Waals surface area contributed by atoms with E-state index in [1.165, 1.54) is 5.56 Å². The molecule has 0 radical (unpaired) electrons. The molecule has 1 N–H and O–H groups in total. The summed E-state index contributed by atoms with van der Waals surface area (Å²) in [5.41, 5.74) is 1.25. The minimum atomic E-state index is 0.261. The molecule has 1 aromatic carbocycles. The van der Waals surface area contributed by atoms with Crippen LogP contribution in [0.3, 0.4) is 0 Å². The zero-order chi connectivity index (χ0) is 15.4. The molecule has 1 aromatic heterocycles. The standard InChI is InChI=1S/C15H20BrN3OS/c1-10(11-6-5-7-12(16)8-11)17-9-13-14(20-4)18-15(21-13)19(2)3/h5-8,10,17H,9H2,1-4H3/t10-/m1/s1. The third-order valence-electron chi connectivity index (χ3n) is 3.14. The molecule has 21 heavy (non-hydrogen) atoms. The molecule has 0 saturated carbocycles. The SMILES string of the molecule is COc1nc(N(C)C)sc1CN[C@H](C)c1cccc(Br)c1. The van der Waals surface area contributed by atoms with Gasteiger partial charge in [0.1, 0.15) is 0 Å². The zero-order valence-electron chi connectivity index (χ0n) is 12.7. The Morgan fingerprint density at radius 3 is 2.81 bits per heavy atom. The number of nitrogens with zero attached hydrogens (tertiary/aromatic N) is 2. The Morgan fingerprint density at radius 1 is 1.43 bits per heavy atom. The van der Waals surface area contributed by atoms with Crippen LogP contribution in [0.2, 0.25) is 0 Å². The molecule has 0 saturated heterocycles. The van der Waals surface area contributed by atoms with Crippen molar-refractivity contribution in [2.45, 2.75) is 19.5 Å². The largest absolute Gasteiger partial charge is 0.480 e. The van der Waals surface area contributed by atoms with Crippen molar-refractivity contribution in [1.82, 2.24) is 10.3 Å². The van der Waals surface area contributed by atoms with E-state index >= 15 is 0 Å². The van der Waals surface area contributed by atoms with Gasteiger partial charge in [-0.05, 0) is 24.6 Å². The molecule has 0 aliphatic rings. The topological polar surface area (TPSA) is 37.4 Å². The van der Waals surface area contributed by atoms with Gasteiger partial charge < -0.3 is 15.0 Å². The Labute approximate surface area is 138 Å². The molecular formula is C15H20BrN3OS. The van der Waals surface area contributed by atoms with Crippen molar-refractivity contribution >= 4 is 32.4 Å². The van der Waals surface area contributed by atoms with Gasteiger partial charge in [0, 0.05) is 31.2 Å². The second-order valence-corrected chi connectivity index (χ2v) is 6.96. The van der Waals surface area contributed by atoms with Crippen molar-refractivity contribution in [1.29, 1.82) is 0 Å². The fourth-order valence-corrected chi connectivity index (χ4v) is 3.25. The first-order valence-corrected chi connectivity index (χ1v) is 8.32. The maximum Gasteiger partial charge on any atom is 0.230 e. The van der Waals surface area contributed by atoms with Gasteiger partial charge in [0.15, 0.2) is 5.13 Å². The average Bonchev–Trinajstić information content (AvgIpc) is 2.88. The summed E-state index contributed by atoms with van der Waals surface area (Å²) in [5, 5.41) is 4.48. The first-order valence-electron chi connectivity index (χ1n) is 6.71. The van der Waals surface area contributed by atoms with Crippen LogP contribution < -0.4 is 15.0 Å². The third kappa shape index (κ3) is 4.18. The number of ether oxygens (including phenoxy) is 1. The first kappa shape index (κ1) is 16.3. The van der Waals surface area contributed by atoms with E-state index in [2.05, 4.69) is 51.4 Å². The molecule has 114 valence electrons. The lowest BCUT2D eigenvalue weighted by Gasteiger charge is -2.14. The van der Waals surface area contributed by atoms with Gasteiger partial charge in [-0.1, -0.05) is 39.4 Å². The fourth-order valence-electron chi connectivity index (χ4n) is 1.93. The van der Waals surface area contributed by atoms with Gasteiger partial charge in [-0.3, -0.25) is 0 Å². The Bertz CT molecular complexity index is 600. The Kier molecular flexibility index (Phi) is 5.61. The molecule has 0 spiro atoms. The number of hydrogen-bond acceptors (Lipinski definition) is 5. The maximum atomic E-state index is 5.36. The molecule has 1 heterocycles. The van der Waals surface area contributed by atoms with Crippen LogP contribution in [0, 0.1) is 0 Å². The molecule has 4 nitrogen and oxygen atoms in total. The number of aromatic nitrogens is 1. The lowest BCUT2D eigenvalue weighted by atomic mass is 10.1.